The number of hydrogen-bond acceptors (Lipinski definition) is 3. The van der Waals surface area contributed by atoms with Crippen LogP contribution in [0, 0.1) is 0 Å². The lowest BCUT2D eigenvalue weighted by Gasteiger charge is -2.34. The third-order valence-corrected chi connectivity index (χ3v) is 7.69. The lowest BCUT2D eigenvalue weighted by molar-refractivity contribution is -0.121. The average molecular weight is 427 g/mol. The van der Waals surface area contributed by atoms with Crippen LogP contribution >= 0.6 is 0 Å². The summed E-state index contributed by atoms with van der Waals surface area (Å²) in [6, 6.07) is 17.3. The first kappa shape index (κ1) is 19.8. The molecule has 0 spiro atoms. The molecule has 2 unspecified atom stereocenters. The Morgan fingerprint density at radius 2 is 1.22 bits per heavy atom. The Morgan fingerprint density at radius 3 is 1.69 bits per heavy atom. The number of fused-ring (bicyclic) bond motifs is 6. The summed E-state index contributed by atoms with van der Waals surface area (Å²) >= 11 is 0. The van der Waals surface area contributed by atoms with E-state index in [0.717, 1.165) is 25.9 Å². The molecule has 2 N–H and O–H groups in total. The number of Topliss-reactive ketones (excluding diaryl/α,β-unsaturated/α-hetero) is 1. The maximum atomic E-state index is 13.4. The smallest absolute Gasteiger partial charge is 0.136 e. The molecule has 5 nitrogen and oxygen atoms in total. The van der Waals surface area contributed by atoms with Crippen molar-refractivity contribution in [3.63, 3.8) is 0 Å². The molecule has 2 aromatic carbocycles. The minimum atomic E-state index is 0.120. The molecule has 0 fully saturated rings. The van der Waals surface area contributed by atoms with E-state index in [0.29, 0.717) is 18.6 Å². The second-order valence-corrected chi connectivity index (χ2v) is 9.57. The Labute approximate surface area is 188 Å². The van der Waals surface area contributed by atoms with Gasteiger partial charge < -0.3 is 9.97 Å². The van der Waals surface area contributed by atoms with Crippen molar-refractivity contribution in [3.8, 4) is 0 Å². The Morgan fingerprint density at radius 1 is 0.781 bits per heavy atom. The van der Waals surface area contributed by atoms with Gasteiger partial charge in [0.25, 0.3) is 0 Å². The van der Waals surface area contributed by atoms with E-state index in [9.17, 15) is 4.79 Å². The summed E-state index contributed by atoms with van der Waals surface area (Å²) in [5.74, 6) is 0.330. The van der Waals surface area contributed by atoms with Crippen molar-refractivity contribution < 1.29 is 4.79 Å². The molecule has 6 rings (SSSR count). The van der Waals surface area contributed by atoms with Gasteiger partial charge in [-0.25, -0.2) is 0 Å². The van der Waals surface area contributed by atoms with Crippen LogP contribution in [0.1, 0.15) is 47.4 Å². The van der Waals surface area contributed by atoms with Crippen LogP contribution in [0.2, 0.25) is 0 Å². The van der Waals surface area contributed by atoms with Crippen LogP contribution in [0.4, 0.5) is 0 Å². The minimum absolute atomic E-state index is 0.120. The molecule has 2 aliphatic heterocycles. The van der Waals surface area contributed by atoms with Gasteiger partial charge in [-0.15, -0.1) is 0 Å². The van der Waals surface area contributed by atoms with Gasteiger partial charge in [0.15, 0.2) is 0 Å². The molecule has 0 bridgehead atoms. The lowest BCUT2D eigenvalue weighted by atomic mass is 9.90. The number of ketones is 1. The highest BCUT2D eigenvalue weighted by Crippen LogP contribution is 2.38. The number of aromatic nitrogens is 2. The molecule has 2 atom stereocenters. The Hall–Kier alpha value is -2.89. The molecule has 5 heteroatoms. The molecule has 0 saturated heterocycles. The largest absolute Gasteiger partial charge is 0.357 e. The second kappa shape index (κ2) is 7.61. The normalized spacial score (nSPS) is 21.7. The van der Waals surface area contributed by atoms with Crippen molar-refractivity contribution in [2.24, 2.45) is 0 Å². The van der Waals surface area contributed by atoms with Crippen LogP contribution in [0.15, 0.2) is 48.5 Å². The summed E-state index contributed by atoms with van der Waals surface area (Å²) in [5, 5.41) is 2.62. The van der Waals surface area contributed by atoms with Crippen molar-refractivity contribution in [2.75, 3.05) is 27.2 Å². The van der Waals surface area contributed by atoms with Crippen LogP contribution in [-0.4, -0.2) is 52.7 Å². The van der Waals surface area contributed by atoms with E-state index >= 15 is 0 Å². The van der Waals surface area contributed by atoms with Gasteiger partial charge in [-0.2, -0.15) is 0 Å². The molecule has 164 valence electrons. The topological polar surface area (TPSA) is 55.1 Å². The first-order chi connectivity index (χ1) is 15.6. The zero-order valence-electron chi connectivity index (χ0n) is 18.8. The van der Waals surface area contributed by atoms with Gasteiger partial charge in [-0.1, -0.05) is 36.4 Å². The van der Waals surface area contributed by atoms with Gasteiger partial charge in [-0.05, 0) is 50.2 Å². The monoisotopic (exact) mass is 426 g/mol. The molecule has 0 radical (unpaired) electrons. The number of benzene rings is 2. The third kappa shape index (κ3) is 3.11. The van der Waals surface area contributed by atoms with Crippen molar-refractivity contribution in [1.82, 2.24) is 19.8 Å². The summed E-state index contributed by atoms with van der Waals surface area (Å²) in [5.41, 5.74) is 7.61. The summed E-state index contributed by atoms with van der Waals surface area (Å²) in [6.45, 7) is 1.98. The van der Waals surface area contributed by atoms with Gasteiger partial charge in [-0.3, -0.25) is 14.6 Å². The number of carbonyl (C=O) groups is 1. The molecule has 0 amide bonds. The van der Waals surface area contributed by atoms with Crippen molar-refractivity contribution in [3.05, 3.63) is 71.0 Å². The van der Waals surface area contributed by atoms with E-state index in [1.54, 1.807) is 0 Å². The number of rotatable bonds is 4. The van der Waals surface area contributed by atoms with E-state index in [-0.39, 0.29) is 12.1 Å². The molecule has 2 aliphatic rings. The van der Waals surface area contributed by atoms with Gasteiger partial charge in [0.1, 0.15) is 5.78 Å². The summed E-state index contributed by atoms with van der Waals surface area (Å²) in [7, 11) is 4.30. The number of likely N-dealkylation sites (N-methyl/N-ethyl adjacent to an activating group) is 2. The minimum Gasteiger partial charge on any atom is -0.357 e. The highest BCUT2D eigenvalue weighted by molar-refractivity contribution is 5.87. The number of aromatic amines is 2. The molecular formula is C27H30N4O. The standard InChI is InChI=1S/C27H30N4O/c1-30-13-11-20-18-7-3-5-9-22(18)28-26(20)24(30)15-17(32)16-25-27-21(12-14-31(25)2)19-8-4-6-10-23(19)29-27/h3-10,24-25,28-29H,11-16H2,1-2H3. The number of hydrogen-bond donors (Lipinski definition) is 2. The van der Waals surface area contributed by atoms with Crippen LogP contribution in [-0.2, 0) is 17.6 Å². The molecule has 0 saturated carbocycles. The summed E-state index contributed by atoms with van der Waals surface area (Å²) < 4.78 is 0. The maximum absolute atomic E-state index is 13.4. The van der Waals surface area contributed by atoms with Crippen molar-refractivity contribution >= 4 is 27.6 Å². The molecule has 0 aliphatic carbocycles. The molecular weight excluding hydrogens is 396 g/mol. The lowest BCUT2D eigenvalue weighted by Crippen LogP contribution is -2.36. The SMILES string of the molecule is CN1CCc2c([nH]c3ccccc23)C1CC(=O)CC1c2[nH]c3ccccc3c2CCN1C. The predicted molar refractivity (Wildman–Crippen MR) is 129 cm³/mol. The molecule has 32 heavy (non-hydrogen) atoms. The second-order valence-electron chi connectivity index (χ2n) is 9.57. The fourth-order valence-corrected chi connectivity index (χ4v) is 5.91. The molecule has 4 heterocycles. The van der Waals surface area contributed by atoms with Gasteiger partial charge in [0.2, 0.25) is 0 Å². The first-order valence-corrected chi connectivity index (χ1v) is 11.7. The fraction of sp³-hybridized carbons (Fsp3) is 0.370. The molecule has 2 aromatic heterocycles. The Kier molecular flexibility index (Phi) is 4.70. The third-order valence-electron chi connectivity index (χ3n) is 7.69. The fourth-order valence-electron chi connectivity index (χ4n) is 5.91. The molecule has 4 aromatic rings. The Bertz CT molecular complexity index is 1220. The zero-order chi connectivity index (χ0) is 21.8. The van der Waals surface area contributed by atoms with Gasteiger partial charge in [0.05, 0.1) is 12.1 Å². The summed E-state index contributed by atoms with van der Waals surface area (Å²) in [6.07, 6.45) is 3.17. The number of nitrogens with zero attached hydrogens (tertiary/aromatic N) is 2. The first-order valence-electron chi connectivity index (χ1n) is 11.7. The number of para-hydroxylation sites is 2. The van der Waals surface area contributed by atoms with Crippen LogP contribution < -0.4 is 0 Å². The van der Waals surface area contributed by atoms with Crippen LogP contribution in [0.25, 0.3) is 21.8 Å². The summed E-state index contributed by atoms with van der Waals surface area (Å²) in [4.78, 5) is 25.4. The van der Waals surface area contributed by atoms with Crippen LogP contribution in [0.5, 0.6) is 0 Å². The predicted octanol–water partition coefficient (Wildman–Crippen LogP) is 4.76. The van der Waals surface area contributed by atoms with Crippen molar-refractivity contribution in [2.45, 2.75) is 37.8 Å². The quantitative estimate of drug-likeness (QED) is 0.495. The maximum Gasteiger partial charge on any atom is 0.136 e. The number of carbonyl (C=O) groups excluding carboxylic acids is 1. The van der Waals surface area contributed by atoms with E-state index < -0.39 is 0 Å². The zero-order valence-corrected chi connectivity index (χ0v) is 18.8. The average Bonchev–Trinajstić information content (AvgIpc) is 3.36. The van der Waals surface area contributed by atoms with Gasteiger partial charge >= 0.3 is 0 Å². The highest BCUT2D eigenvalue weighted by Gasteiger charge is 2.33. The number of H-pyrrole nitrogens is 2. The number of nitrogens with one attached hydrogen (secondary N) is 2. The van der Waals surface area contributed by atoms with Gasteiger partial charge in [0, 0.05) is 59.1 Å². The highest BCUT2D eigenvalue weighted by atomic mass is 16.1. The Balaban J connectivity index is 1.28. The van der Waals surface area contributed by atoms with E-state index in [1.165, 1.54) is 44.3 Å². The van der Waals surface area contributed by atoms with E-state index in [1.807, 2.05) is 0 Å². The van der Waals surface area contributed by atoms with E-state index in [2.05, 4.69) is 82.4 Å². The van der Waals surface area contributed by atoms with E-state index in [4.69, 9.17) is 0 Å². The van der Waals surface area contributed by atoms with Crippen LogP contribution in [0.3, 0.4) is 0 Å². The van der Waals surface area contributed by atoms with Crippen molar-refractivity contribution in [1.29, 1.82) is 0 Å².